The molecule has 0 fully saturated rings. The van der Waals surface area contributed by atoms with E-state index in [1.807, 2.05) is 0 Å². The molecule has 5 nitrogen and oxygen atoms in total. The molecule has 0 unspecified atom stereocenters. The van der Waals surface area contributed by atoms with Crippen LogP contribution in [0.2, 0.25) is 0 Å². The number of nitrogen functional groups attached to an aromatic ring is 1. The van der Waals surface area contributed by atoms with Gasteiger partial charge in [-0.25, -0.2) is 9.78 Å². The van der Waals surface area contributed by atoms with Gasteiger partial charge in [-0.05, 0) is 30.0 Å². The van der Waals surface area contributed by atoms with Crippen molar-refractivity contribution >= 4 is 23.4 Å². The standard InChI is InChI=1S/C10H9N3O2S/c11-7-2-1-6(9(14)15)5-8(7)16-10-12-3-4-13-10/h1-5H,11H2,(H,12,13)(H,14,15). The van der Waals surface area contributed by atoms with Crippen molar-refractivity contribution in [3.63, 3.8) is 0 Å². The lowest BCUT2D eigenvalue weighted by Gasteiger charge is -2.04. The van der Waals surface area contributed by atoms with E-state index in [2.05, 4.69) is 9.97 Å². The van der Waals surface area contributed by atoms with Crippen LogP contribution in [0.15, 0.2) is 40.6 Å². The molecule has 0 aliphatic heterocycles. The van der Waals surface area contributed by atoms with Crippen molar-refractivity contribution in [2.75, 3.05) is 5.73 Å². The van der Waals surface area contributed by atoms with Gasteiger partial charge in [0, 0.05) is 23.0 Å². The van der Waals surface area contributed by atoms with Gasteiger partial charge >= 0.3 is 5.97 Å². The summed E-state index contributed by atoms with van der Waals surface area (Å²) in [5, 5.41) is 9.53. The molecule has 16 heavy (non-hydrogen) atoms. The summed E-state index contributed by atoms with van der Waals surface area (Å²) in [6.45, 7) is 0. The monoisotopic (exact) mass is 235 g/mol. The minimum atomic E-state index is -0.971. The number of nitrogens with zero attached hydrogens (tertiary/aromatic N) is 1. The number of hydrogen-bond donors (Lipinski definition) is 3. The van der Waals surface area contributed by atoms with Crippen LogP contribution < -0.4 is 5.73 Å². The number of imidazole rings is 1. The Hall–Kier alpha value is -1.95. The van der Waals surface area contributed by atoms with Gasteiger partial charge in [0.2, 0.25) is 0 Å². The normalized spacial score (nSPS) is 10.2. The lowest BCUT2D eigenvalue weighted by Crippen LogP contribution is -1.98. The van der Waals surface area contributed by atoms with Crippen molar-refractivity contribution in [2.24, 2.45) is 0 Å². The van der Waals surface area contributed by atoms with Crippen LogP contribution in [0.25, 0.3) is 0 Å². The maximum Gasteiger partial charge on any atom is 0.335 e. The fraction of sp³-hybridized carbons (Fsp3) is 0. The van der Waals surface area contributed by atoms with Gasteiger partial charge < -0.3 is 15.8 Å². The Labute approximate surface area is 95.7 Å². The number of aromatic amines is 1. The van der Waals surface area contributed by atoms with Crippen LogP contribution in [0.3, 0.4) is 0 Å². The Kier molecular flexibility index (Phi) is 2.82. The third-order valence-corrected chi connectivity index (χ3v) is 2.93. The molecule has 0 aliphatic carbocycles. The fourth-order valence-electron chi connectivity index (χ4n) is 1.17. The molecule has 0 atom stereocenters. The zero-order valence-corrected chi connectivity index (χ0v) is 8.99. The molecule has 0 aliphatic rings. The summed E-state index contributed by atoms with van der Waals surface area (Å²) < 4.78 is 0. The lowest BCUT2D eigenvalue weighted by molar-refractivity contribution is 0.0696. The number of aromatic nitrogens is 2. The molecule has 2 aromatic rings. The molecule has 0 radical (unpaired) electrons. The van der Waals surface area contributed by atoms with Crippen LogP contribution in [-0.2, 0) is 0 Å². The summed E-state index contributed by atoms with van der Waals surface area (Å²) in [5.74, 6) is -0.971. The van der Waals surface area contributed by atoms with Crippen LogP contribution in [0.4, 0.5) is 5.69 Å². The highest BCUT2D eigenvalue weighted by Gasteiger charge is 2.08. The Morgan fingerprint density at radius 3 is 2.94 bits per heavy atom. The summed E-state index contributed by atoms with van der Waals surface area (Å²) in [6, 6.07) is 4.59. The number of hydrogen-bond acceptors (Lipinski definition) is 4. The number of rotatable bonds is 3. The van der Waals surface area contributed by atoms with Gasteiger partial charge in [-0.3, -0.25) is 0 Å². The van der Waals surface area contributed by atoms with E-state index in [4.69, 9.17) is 10.8 Å². The summed E-state index contributed by atoms with van der Waals surface area (Å²) in [5.41, 5.74) is 6.50. The molecule has 1 aromatic carbocycles. The second-order valence-electron chi connectivity index (χ2n) is 3.05. The predicted octanol–water partition coefficient (Wildman–Crippen LogP) is 1.84. The number of benzene rings is 1. The number of carboxylic acids is 1. The van der Waals surface area contributed by atoms with E-state index in [1.165, 1.54) is 23.9 Å². The second-order valence-corrected chi connectivity index (χ2v) is 4.08. The summed E-state index contributed by atoms with van der Waals surface area (Å²) in [4.78, 5) is 18.4. The molecule has 82 valence electrons. The Morgan fingerprint density at radius 1 is 1.50 bits per heavy atom. The highest BCUT2D eigenvalue weighted by atomic mass is 32.2. The molecule has 4 N–H and O–H groups in total. The first-order chi connectivity index (χ1) is 7.66. The van der Waals surface area contributed by atoms with E-state index in [-0.39, 0.29) is 5.56 Å². The summed E-state index contributed by atoms with van der Waals surface area (Å²) >= 11 is 1.30. The topological polar surface area (TPSA) is 92.0 Å². The summed E-state index contributed by atoms with van der Waals surface area (Å²) in [7, 11) is 0. The molecule has 0 spiro atoms. The Bertz CT molecular complexity index is 511. The average molecular weight is 235 g/mol. The van der Waals surface area contributed by atoms with Gasteiger partial charge in [-0.1, -0.05) is 0 Å². The minimum Gasteiger partial charge on any atom is -0.478 e. The number of H-pyrrole nitrogens is 1. The zero-order valence-electron chi connectivity index (χ0n) is 8.18. The van der Waals surface area contributed by atoms with Crippen molar-refractivity contribution in [1.82, 2.24) is 9.97 Å². The van der Waals surface area contributed by atoms with Crippen LogP contribution in [-0.4, -0.2) is 21.0 Å². The van der Waals surface area contributed by atoms with Crippen LogP contribution in [0.1, 0.15) is 10.4 Å². The number of nitrogens with two attached hydrogens (primary N) is 1. The van der Waals surface area contributed by atoms with Crippen molar-refractivity contribution in [3.05, 3.63) is 36.2 Å². The average Bonchev–Trinajstić information content (AvgIpc) is 2.73. The first kappa shape index (κ1) is 10.6. The maximum atomic E-state index is 10.8. The van der Waals surface area contributed by atoms with Gasteiger partial charge in [0.15, 0.2) is 5.16 Å². The van der Waals surface area contributed by atoms with E-state index in [9.17, 15) is 4.79 Å². The smallest absolute Gasteiger partial charge is 0.335 e. The van der Waals surface area contributed by atoms with Crippen molar-refractivity contribution in [2.45, 2.75) is 10.1 Å². The van der Waals surface area contributed by atoms with E-state index in [1.54, 1.807) is 18.5 Å². The van der Waals surface area contributed by atoms with Gasteiger partial charge in [-0.2, -0.15) is 0 Å². The first-order valence-electron chi connectivity index (χ1n) is 4.47. The molecule has 1 aromatic heterocycles. The van der Waals surface area contributed by atoms with Gasteiger partial charge in [0.05, 0.1) is 5.56 Å². The van der Waals surface area contributed by atoms with Crippen LogP contribution >= 0.6 is 11.8 Å². The zero-order chi connectivity index (χ0) is 11.5. The number of carboxylic acid groups (broad SMARTS) is 1. The summed E-state index contributed by atoms with van der Waals surface area (Å²) in [6.07, 6.45) is 3.32. The molecule has 0 saturated carbocycles. The predicted molar refractivity (Wildman–Crippen MR) is 60.5 cm³/mol. The van der Waals surface area contributed by atoms with E-state index >= 15 is 0 Å². The SMILES string of the molecule is Nc1ccc(C(=O)O)cc1Sc1ncc[nH]1. The quantitative estimate of drug-likeness (QED) is 0.706. The third-order valence-electron chi connectivity index (χ3n) is 1.94. The van der Waals surface area contributed by atoms with Crippen molar-refractivity contribution in [1.29, 1.82) is 0 Å². The maximum absolute atomic E-state index is 10.8. The Morgan fingerprint density at radius 2 is 2.31 bits per heavy atom. The van der Waals surface area contributed by atoms with Crippen molar-refractivity contribution in [3.8, 4) is 0 Å². The highest BCUT2D eigenvalue weighted by Crippen LogP contribution is 2.30. The van der Waals surface area contributed by atoms with Crippen molar-refractivity contribution < 1.29 is 9.90 Å². The fourth-order valence-corrected chi connectivity index (χ4v) is 1.99. The molecule has 0 saturated heterocycles. The minimum absolute atomic E-state index is 0.211. The third kappa shape index (κ3) is 2.17. The number of anilines is 1. The van der Waals surface area contributed by atoms with Gasteiger partial charge in [0.1, 0.15) is 0 Å². The van der Waals surface area contributed by atoms with Crippen LogP contribution in [0.5, 0.6) is 0 Å². The van der Waals surface area contributed by atoms with E-state index in [0.717, 1.165) is 0 Å². The first-order valence-corrected chi connectivity index (χ1v) is 5.28. The molecular formula is C10H9N3O2S. The van der Waals surface area contributed by atoms with E-state index in [0.29, 0.717) is 15.7 Å². The molecule has 2 rings (SSSR count). The molecule has 6 heteroatoms. The van der Waals surface area contributed by atoms with E-state index < -0.39 is 5.97 Å². The molecule has 0 bridgehead atoms. The van der Waals surface area contributed by atoms with Gasteiger partial charge in [-0.15, -0.1) is 0 Å². The van der Waals surface area contributed by atoms with Crippen LogP contribution in [0, 0.1) is 0 Å². The largest absolute Gasteiger partial charge is 0.478 e. The number of aromatic carboxylic acids is 1. The molecule has 1 heterocycles. The number of nitrogens with one attached hydrogen (secondary N) is 1. The molecule has 0 amide bonds. The van der Waals surface area contributed by atoms with Gasteiger partial charge in [0.25, 0.3) is 0 Å². The Balaban J connectivity index is 2.32. The molecular weight excluding hydrogens is 226 g/mol. The lowest BCUT2D eigenvalue weighted by atomic mass is 10.2. The number of carbonyl (C=O) groups is 1. The highest BCUT2D eigenvalue weighted by molar-refractivity contribution is 7.99. The second kappa shape index (κ2) is 4.28.